The second-order valence-electron chi connectivity index (χ2n) is 6.01. The number of rotatable bonds is 6. The Morgan fingerprint density at radius 1 is 1.33 bits per heavy atom. The number of pyridine rings is 1. The Kier molecular flexibility index (Phi) is 5.31. The van der Waals surface area contributed by atoms with Crippen LogP contribution in [0.25, 0.3) is 5.76 Å². The number of anilines is 3. The topological polar surface area (TPSA) is 132 Å². The fourth-order valence-electron chi connectivity index (χ4n) is 2.42. The second kappa shape index (κ2) is 7.67. The number of halogens is 1. The molecule has 0 atom stereocenters. The van der Waals surface area contributed by atoms with Crippen molar-refractivity contribution in [2.75, 3.05) is 30.0 Å². The Bertz CT molecular complexity index is 882. The standard InChI is InChI=1S/C17H20ClN7O2/c1-21-15-14(18)12(7-24-16(15)20)27-11(5-19)10-6-23-13(8-22-10)25(2)17(26)9-3-4-9/h5-9,21H,3-4,19H2,1-2H3,(H2,20,24). The molecule has 1 aliphatic rings. The van der Waals surface area contributed by atoms with Gasteiger partial charge in [0.1, 0.15) is 16.5 Å². The Labute approximate surface area is 161 Å². The van der Waals surface area contributed by atoms with Gasteiger partial charge in [-0.25, -0.2) is 15.0 Å². The smallest absolute Gasteiger partial charge is 0.231 e. The van der Waals surface area contributed by atoms with Gasteiger partial charge in [-0.2, -0.15) is 0 Å². The Morgan fingerprint density at radius 2 is 2.07 bits per heavy atom. The average Bonchev–Trinajstić information content (AvgIpc) is 3.52. The first-order valence-corrected chi connectivity index (χ1v) is 8.65. The molecule has 10 heteroatoms. The molecular weight excluding hydrogens is 370 g/mol. The highest BCUT2D eigenvalue weighted by Gasteiger charge is 2.33. The molecule has 3 rings (SSSR count). The summed E-state index contributed by atoms with van der Waals surface area (Å²) in [6.07, 6.45) is 7.45. The van der Waals surface area contributed by atoms with Gasteiger partial charge in [0.05, 0.1) is 24.3 Å². The minimum atomic E-state index is 0.0437. The Balaban J connectivity index is 1.79. The minimum Gasteiger partial charge on any atom is -0.450 e. The van der Waals surface area contributed by atoms with Crippen LogP contribution in [0.3, 0.4) is 0 Å². The molecule has 0 bridgehead atoms. The lowest BCUT2D eigenvalue weighted by molar-refractivity contribution is -0.119. The quantitative estimate of drug-likeness (QED) is 0.637. The van der Waals surface area contributed by atoms with Crippen LogP contribution in [0.2, 0.25) is 5.02 Å². The van der Waals surface area contributed by atoms with Crippen molar-refractivity contribution in [2.24, 2.45) is 11.7 Å². The van der Waals surface area contributed by atoms with Crippen LogP contribution in [-0.2, 0) is 4.79 Å². The zero-order valence-corrected chi connectivity index (χ0v) is 15.7. The molecule has 2 heterocycles. The van der Waals surface area contributed by atoms with Crippen molar-refractivity contribution < 1.29 is 9.53 Å². The summed E-state index contributed by atoms with van der Waals surface area (Å²) in [6.45, 7) is 0. The van der Waals surface area contributed by atoms with E-state index in [0.29, 0.717) is 17.2 Å². The predicted molar refractivity (Wildman–Crippen MR) is 104 cm³/mol. The number of nitrogens with one attached hydrogen (secondary N) is 1. The van der Waals surface area contributed by atoms with E-state index in [1.807, 2.05) is 0 Å². The van der Waals surface area contributed by atoms with Crippen molar-refractivity contribution in [1.29, 1.82) is 0 Å². The molecule has 0 saturated heterocycles. The van der Waals surface area contributed by atoms with Crippen molar-refractivity contribution in [1.82, 2.24) is 15.0 Å². The number of aromatic nitrogens is 3. The fourth-order valence-corrected chi connectivity index (χ4v) is 2.70. The summed E-state index contributed by atoms with van der Waals surface area (Å²) < 4.78 is 5.74. The molecule has 5 N–H and O–H groups in total. The number of hydrogen-bond acceptors (Lipinski definition) is 8. The summed E-state index contributed by atoms with van der Waals surface area (Å²) >= 11 is 6.28. The van der Waals surface area contributed by atoms with E-state index >= 15 is 0 Å². The summed E-state index contributed by atoms with van der Waals surface area (Å²) in [7, 11) is 3.35. The van der Waals surface area contributed by atoms with Crippen molar-refractivity contribution in [3.63, 3.8) is 0 Å². The summed E-state index contributed by atoms with van der Waals surface area (Å²) in [5.74, 6) is 1.35. The Hall–Kier alpha value is -3.07. The van der Waals surface area contributed by atoms with Gasteiger partial charge in [-0.1, -0.05) is 11.6 Å². The van der Waals surface area contributed by atoms with E-state index < -0.39 is 0 Å². The van der Waals surface area contributed by atoms with Gasteiger partial charge in [0.25, 0.3) is 0 Å². The van der Waals surface area contributed by atoms with Gasteiger partial charge in [0.2, 0.25) is 5.91 Å². The molecule has 1 fully saturated rings. The van der Waals surface area contributed by atoms with Crippen LogP contribution in [-0.4, -0.2) is 35.0 Å². The average molecular weight is 390 g/mol. The number of carbonyl (C=O) groups excluding carboxylic acids is 1. The number of carbonyl (C=O) groups is 1. The second-order valence-corrected chi connectivity index (χ2v) is 6.39. The molecule has 9 nitrogen and oxygen atoms in total. The van der Waals surface area contributed by atoms with Gasteiger partial charge in [0.15, 0.2) is 17.3 Å². The highest BCUT2D eigenvalue weighted by molar-refractivity contribution is 6.35. The first-order valence-electron chi connectivity index (χ1n) is 8.27. The van der Waals surface area contributed by atoms with Crippen molar-refractivity contribution in [3.05, 3.63) is 35.5 Å². The van der Waals surface area contributed by atoms with E-state index in [1.165, 1.54) is 29.7 Å². The molecule has 1 aliphatic carbocycles. The SMILES string of the molecule is CNc1c(N)ncc(OC(=CN)c2cnc(N(C)C(=O)C3CC3)cn2)c1Cl. The van der Waals surface area contributed by atoms with Gasteiger partial charge >= 0.3 is 0 Å². The third-order valence-corrected chi connectivity index (χ3v) is 4.50. The van der Waals surface area contributed by atoms with Crippen LogP contribution < -0.4 is 26.4 Å². The predicted octanol–water partition coefficient (Wildman–Crippen LogP) is 1.86. The summed E-state index contributed by atoms with van der Waals surface area (Å²) in [5.41, 5.74) is 12.3. The van der Waals surface area contributed by atoms with Gasteiger partial charge in [-0.05, 0) is 12.8 Å². The first kappa shape index (κ1) is 18.7. The number of nitrogen functional groups attached to an aromatic ring is 1. The number of amides is 1. The van der Waals surface area contributed by atoms with Crippen LogP contribution in [0, 0.1) is 5.92 Å². The van der Waals surface area contributed by atoms with E-state index in [2.05, 4.69) is 20.3 Å². The lowest BCUT2D eigenvalue weighted by Gasteiger charge is -2.16. The van der Waals surface area contributed by atoms with Gasteiger partial charge in [0, 0.05) is 26.2 Å². The molecule has 2 aromatic heterocycles. The van der Waals surface area contributed by atoms with Crippen molar-refractivity contribution in [2.45, 2.75) is 12.8 Å². The number of ether oxygens (including phenoxy) is 1. The van der Waals surface area contributed by atoms with Gasteiger partial charge < -0.3 is 21.5 Å². The number of nitrogens with two attached hydrogens (primary N) is 2. The van der Waals surface area contributed by atoms with Gasteiger partial charge in [-0.3, -0.25) is 9.69 Å². The summed E-state index contributed by atoms with van der Waals surface area (Å²) in [5, 5.41) is 3.13. The molecular formula is C17H20ClN7O2. The maximum absolute atomic E-state index is 12.1. The third kappa shape index (κ3) is 3.87. The highest BCUT2D eigenvalue weighted by Crippen LogP contribution is 2.36. The normalized spacial score (nSPS) is 14.0. The molecule has 0 spiro atoms. The largest absolute Gasteiger partial charge is 0.450 e. The molecule has 1 amide bonds. The maximum atomic E-state index is 12.1. The van der Waals surface area contributed by atoms with Crippen LogP contribution in [0.15, 0.2) is 24.8 Å². The van der Waals surface area contributed by atoms with Crippen LogP contribution in [0.1, 0.15) is 18.5 Å². The lowest BCUT2D eigenvalue weighted by atomic mass is 10.3. The third-order valence-electron chi connectivity index (χ3n) is 4.13. The maximum Gasteiger partial charge on any atom is 0.231 e. The zero-order chi connectivity index (χ0) is 19.6. The lowest BCUT2D eigenvalue weighted by Crippen LogP contribution is -2.28. The molecule has 0 radical (unpaired) electrons. The molecule has 0 aliphatic heterocycles. The fraction of sp³-hybridized carbons (Fsp3) is 0.294. The summed E-state index contributed by atoms with van der Waals surface area (Å²) in [4.78, 5) is 26.2. The van der Waals surface area contributed by atoms with E-state index in [0.717, 1.165) is 12.8 Å². The number of hydrogen-bond donors (Lipinski definition) is 3. The molecule has 1 saturated carbocycles. The van der Waals surface area contributed by atoms with E-state index in [4.69, 9.17) is 27.8 Å². The zero-order valence-electron chi connectivity index (χ0n) is 14.9. The monoisotopic (exact) mass is 389 g/mol. The van der Waals surface area contributed by atoms with Crippen LogP contribution in [0.4, 0.5) is 17.3 Å². The Morgan fingerprint density at radius 3 is 2.63 bits per heavy atom. The molecule has 2 aromatic rings. The molecule has 142 valence electrons. The van der Waals surface area contributed by atoms with Crippen molar-refractivity contribution >= 4 is 40.6 Å². The summed E-state index contributed by atoms with van der Waals surface area (Å²) in [6, 6.07) is 0. The molecule has 0 unspecified atom stereocenters. The van der Waals surface area contributed by atoms with E-state index in [-0.39, 0.29) is 34.2 Å². The highest BCUT2D eigenvalue weighted by atomic mass is 35.5. The molecule has 27 heavy (non-hydrogen) atoms. The van der Waals surface area contributed by atoms with Gasteiger partial charge in [-0.15, -0.1) is 0 Å². The first-order chi connectivity index (χ1) is 13.0. The van der Waals surface area contributed by atoms with E-state index in [9.17, 15) is 4.79 Å². The minimum absolute atomic E-state index is 0.0437. The number of nitrogens with zero attached hydrogens (tertiary/aromatic N) is 4. The van der Waals surface area contributed by atoms with E-state index in [1.54, 1.807) is 14.1 Å². The van der Waals surface area contributed by atoms with Crippen molar-refractivity contribution in [3.8, 4) is 5.75 Å². The van der Waals surface area contributed by atoms with Crippen LogP contribution >= 0.6 is 11.6 Å². The van der Waals surface area contributed by atoms with Crippen LogP contribution in [0.5, 0.6) is 5.75 Å². The molecule has 0 aromatic carbocycles.